The van der Waals surface area contributed by atoms with Gasteiger partial charge in [-0.05, 0) is 35.4 Å². The number of carbonyl (C=O) groups excluding carboxylic acids is 1. The molecule has 0 radical (unpaired) electrons. The molecule has 2 aromatic carbocycles. The first kappa shape index (κ1) is 21.1. The van der Waals surface area contributed by atoms with Gasteiger partial charge in [-0.15, -0.1) is 10.2 Å². The molecule has 3 aromatic rings. The third kappa shape index (κ3) is 7.10. The van der Waals surface area contributed by atoms with Crippen LogP contribution in [-0.2, 0) is 10.5 Å². The average Bonchev–Trinajstić information content (AvgIpc) is 3.15. The van der Waals surface area contributed by atoms with E-state index in [4.69, 9.17) is 23.2 Å². The molecule has 0 aliphatic rings. The van der Waals surface area contributed by atoms with Crippen LogP contribution in [0.15, 0.2) is 62.3 Å². The predicted octanol–water partition coefficient (Wildman–Crippen LogP) is 5.38. The topological polar surface area (TPSA) is 67.2 Å². The first-order valence-corrected chi connectivity index (χ1v) is 11.5. The summed E-state index contributed by atoms with van der Waals surface area (Å²) in [4.78, 5) is 11.9. The molecule has 0 aliphatic carbocycles. The minimum Gasteiger partial charge on any atom is -0.272 e. The Hall–Kier alpha value is -1.58. The zero-order valence-electron chi connectivity index (χ0n) is 14.3. The fraction of sp³-hybridized carbons (Fsp3) is 0.111. The maximum absolute atomic E-state index is 11.9. The van der Waals surface area contributed by atoms with Crippen LogP contribution in [0.2, 0.25) is 10.0 Å². The molecule has 0 atom stereocenters. The second kappa shape index (κ2) is 10.8. The molecule has 0 unspecified atom stereocenters. The van der Waals surface area contributed by atoms with E-state index in [1.54, 1.807) is 30.1 Å². The van der Waals surface area contributed by atoms with E-state index in [0.717, 1.165) is 30.6 Å². The van der Waals surface area contributed by atoms with E-state index in [1.165, 1.54) is 23.1 Å². The average molecular weight is 469 g/mol. The molecule has 0 bridgehead atoms. The minimum atomic E-state index is -0.208. The number of nitrogens with zero attached hydrogens (tertiary/aromatic N) is 3. The normalized spacial score (nSPS) is 11.1. The smallest absolute Gasteiger partial charge is 0.250 e. The summed E-state index contributed by atoms with van der Waals surface area (Å²) >= 11 is 16.1. The van der Waals surface area contributed by atoms with E-state index in [1.807, 2.05) is 36.4 Å². The Balaban J connectivity index is 1.40. The highest BCUT2D eigenvalue weighted by Crippen LogP contribution is 2.30. The summed E-state index contributed by atoms with van der Waals surface area (Å²) in [6, 6.07) is 14.9. The molecule has 0 spiro atoms. The minimum absolute atomic E-state index is 0.208. The summed E-state index contributed by atoms with van der Waals surface area (Å²) in [5.41, 5.74) is 4.51. The number of carbonyl (C=O) groups is 1. The summed E-state index contributed by atoms with van der Waals surface area (Å²) in [6.07, 6.45) is 1.56. The van der Waals surface area contributed by atoms with Gasteiger partial charge in [0.2, 0.25) is 0 Å². The number of halogens is 2. The molecule has 1 amide bonds. The molecule has 0 fully saturated rings. The summed E-state index contributed by atoms with van der Waals surface area (Å²) in [7, 11) is 0. The van der Waals surface area contributed by atoms with E-state index in [9.17, 15) is 4.79 Å². The standard InChI is InChI=1S/C18H14Cl2N4OS3/c19-14-5-1-12(2-6-14)9-21-22-16(25)11-27-18-24-23-17(28-18)26-10-13-3-7-15(20)8-4-13/h1-9H,10-11H2,(H,22,25)/b21-9+. The van der Waals surface area contributed by atoms with Gasteiger partial charge in [-0.1, -0.05) is 82.3 Å². The predicted molar refractivity (Wildman–Crippen MR) is 119 cm³/mol. The summed E-state index contributed by atoms with van der Waals surface area (Å²) in [5.74, 6) is 0.797. The van der Waals surface area contributed by atoms with Crippen molar-refractivity contribution in [3.05, 3.63) is 69.7 Å². The zero-order chi connectivity index (χ0) is 19.8. The Morgan fingerprint density at radius 1 is 1.00 bits per heavy atom. The van der Waals surface area contributed by atoms with Gasteiger partial charge in [0.1, 0.15) is 0 Å². The van der Waals surface area contributed by atoms with Crippen LogP contribution >= 0.6 is 58.1 Å². The fourth-order valence-electron chi connectivity index (χ4n) is 1.93. The highest BCUT2D eigenvalue weighted by Gasteiger charge is 2.08. The van der Waals surface area contributed by atoms with Gasteiger partial charge in [0.15, 0.2) is 8.68 Å². The number of benzene rings is 2. The van der Waals surface area contributed by atoms with Crippen molar-refractivity contribution in [1.29, 1.82) is 0 Å². The Bertz CT molecular complexity index is 946. The van der Waals surface area contributed by atoms with Gasteiger partial charge < -0.3 is 0 Å². The van der Waals surface area contributed by atoms with Gasteiger partial charge in [-0.3, -0.25) is 4.79 Å². The molecule has 5 nitrogen and oxygen atoms in total. The number of nitrogens with one attached hydrogen (secondary N) is 1. The third-order valence-corrected chi connectivity index (χ3v) is 7.03. The van der Waals surface area contributed by atoms with Crippen molar-refractivity contribution in [1.82, 2.24) is 15.6 Å². The highest BCUT2D eigenvalue weighted by atomic mass is 35.5. The second-order valence-electron chi connectivity index (χ2n) is 5.38. The van der Waals surface area contributed by atoms with Crippen LogP contribution in [0.1, 0.15) is 11.1 Å². The molecule has 10 heteroatoms. The third-order valence-electron chi connectivity index (χ3n) is 3.26. The Morgan fingerprint density at radius 2 is 1.61 bits per heavy atom. The Morgan fingerprint density at radius 3 is 2.29 bits per heavy atom. The zero-order valence-corrected chi connectivity index (χ0v) is 18.3. The van der Waals surface area contributed by atoms with Crippen molar-refractivity contribution in [3.63, 3.8) is 0 Å². The Kier molecular flexibility index (Phi) is 8.17. The molecule has 144 valence electrons. The van der Waals surface area contributed by atoms with E-state index >= 15 is 0 Å². The van der Waals surface area contributed by atoms with E-state index < -0.39 is 0 Å². The van der Waals surface area contributed by atoms with Crippen LogP contribution in [0.3, 0.4) is 0 Å². The van der Waals surface area contributed by atoms with Crippen molar-refractivity contribution in [2.45, 2.75) is 14.4 Å². The largest absolute Gasteiger partial charge is 0.272 e. The van der Waals surface area contributed by atoms with Gasteiger partial charge in [-0.25, -0.2) is 5.43 Å². The highest BCUT2D eigenvalue weighted by molar-refractivity contribution is 8.03. The fourth-order valence-corrected chi connectivity index (χ4v) is 4.95. The second-order valence-corrected chi connectivity index (χ2v) is 9.68. The van der Waals surface area contributed by atoms with Crippen molar-refractivity contribution < 1.29 is 4.79 Å². The number of hydrogen-bond donors (Lipinski definition) is 1. The molecule has 1 N–H and O–H groups in total. The van der Waals surface area contributed by atoms with E-state index in [-0.39, 0.29) is 11.7 Å². The number of rotatable bonds is 8. The lowest BCUT2D eigenvalue weighted by molar-refractivity contribution is -0.118. The van der Waals surface area contributed by atoms with Gasteiger partial charge in [-0.2, -0.15) is 5.10 Å². The number of hydrogen-bond acceptors (Lipinski definition) is 7. The van der Waals surface area contributed by atoms with Crippen molar-refractivity contribution in [2.75, 3.05) is 5.75 Å². The van der Waals surface area contributed by atoms with Crippen LogP contribution in [0.5, 0.6) is 0 Å². The van der Waals surface area contributed by atoms with Crippen LogP contribution in [0.4, 0.5) is 0 Å². The lowest BCUT2D eigenvalue weighted by Crippen LogP contribution is -2.19. The van der Waals surface area contributed by atoms with Crippen molar-refractivity contribution in [2.24, 2.45) is 5.10 Å². The van der Waals surface area contributed by atoms with Crippen molar-refractivity contribution >= 4 is 70.2 Å². The van der Waals surface area contributed by atoms with Gasteiger partial charge in [0.25, 0.3) is 5.91 Å². The molecular weight excluding hydrogens is 455 g/mol. The summed E-state index contributed by atoms with van der Waals surface area (Å²) < 4.78 is 1.61. The van der Waals surface area contributed by atoms with Gasteiger partial charge >= 0.3 is 0 Å². The molecule has 0 saturated heterocycles. The van der Waals surface area contributed by atoms with Gasteiger partial charge in [0.05, 0.1) is 12.0 Å². The molecule has 1 aromatic heterocycles. The molecule has 0 aliphatic heterocycles. The maximum atomic E-state index is 11.9. The first-order chi connectivity index (χ1) is 13.6. The monoisotopic (exact) mass is 468 g/mol. The first-order valence-electron chi connectivity index (χ1n) is 7.99. The maximum Gasteiger partial charge on any atom is 0.250 e. The molecule has 1 heterocycles. The molecule has 0 saturated carbocycles. The number of amides is 1. The molecule has 28 heavy (non-hydrogen) atoms. The quantitative estimate of drug-likeness (QED) is 0.273. The van der Waals surface area contributed by atoms with Crippen LogP contribution in [0.25, 0.3) is 0 Å². The lowest BCUT2D eigenvalue weighted by Gasteiger charge is -1.98. The van der Waals surface area contributed by atoms with Crippen LogP contribution < -0.4 is 5.43 Å². The Labute approximate surface area is 184 Å². The van der Waals surface area contributed by atoms with Crippen LogP contribution in [-0.4, -0.2) is 28.1 Å². The van der Waals surface area contributed by atoms with Crippen molar-refractivity contribution in [3.8, 4) is 0 Å². The van der Waals surface area contributed by atoms with Gasteiger partial charge in [0, 0.05) is 15.8 Å². The number of aromatic nitrogens is 2. The van der Waals surface area contributed by atoms with Crippen LogP contribution in [0, 0.1) is 0 Å². The molecule has 3 rings (SSSR count). The van der Waals surface area contributed by atoms with E-state index in [2.05, 4.69) is 20.7 Å². The summed E-state index contributed by atoms with van der Waals surface area (Å²) in [6.45, 7) is 0. The lowest BCUT2D eigenvalue weighted by atomic mass is 10.2. The van der Waals surface area contributed by atoms with E-state index in [0.29, 0.717) is 5.02 Å². The number of thioether (sulfide) groups is 2. The SMILES string of the molecule is O=C(CSc1nnc(SCc2ccc(Cl)cc2)s1)N/N=C/c1ccc(Cl)cc1. The summed E-state index contributed by atoms with van der Waals surface area (Å²) in [5, 5.41) is 13.6. The molecular formula is C18H14Cl2N4OS3. The number of hydrazone groups is 1.